The van der Waals surface area contributed by atoms with Gasteiger partial charge in [0.05, 0.1) is 35.0 Å². The van der Waals surface area contributed by atoms with Gasteiger partial charge in [-0.1, -0.05) is 154 Å². The minimum Gasteiger partial charge on any atom is -0.497 e. The molecule has 0 atom stereocenters. The average molecular weight is 1600 g/mol. The molecule has 0 saturated heterocycles. The van der Waals surface area contributed by atoms with Gasteiger partial charge in [-0.05, 0) is 149 Å². The Balaban J connectivity index is 0.000000324. The quantitative estimate of drug-likeness (QED) is 0.0181. The highest BCUT2D eigenvalue weighted by atomic mass is 32.1. The Hall–Kier alpha value is -8.43. The number of aromatic nitrogens is 4. The lowest BCUT2D eigenvalue weighted by atomic mass is 10.2. The van der Waals surface area contributed by atoms with E-state index in [4.69, 9.17) is 74.4 Å². The van der Waals surface area contributed by atoms with E-state index in [1.165, 1.54) is 59.1 Å². The Bertz CT molecular complexity index is 3750. The summed E-state index contributed by atoms with van der Waals surface area (Å²) in [5.41, 5.74) is 8.16. The van der Waals surface area contributed by atoms with Crippen molar-refractivity contribution >= 4 is 122 Å². The maximum Gasteiger partial charge on any atom is 0.198 e. The summed E-state index contributed by atoms with van der Waals surface area (Å²) >= 11 is 36.4. The van der Waals surface area contributed by atoms with Crippen molar-refractivity contribution in [3.05, 3.63) is 319 Å². The van der Waals surface area contributed by atoms with Gasteiger partial charge in [0.2, 0.25) is 0 Å². The van der Waals surface area contributed by atoms with Gasteiger partial charge in [-0.2, -0.15) is 0 Å². The van der Waals surface area contributed by atoms with Crippen molar-refractivity contribution in [1.82, 2.24) is 19.6 Å². The van der Waals surface area contributed by atoms with E-state index in [2.05, 4.69) is 218 Å². The molecule has 108 heavy (non-hydrogen) atoms. The Kier molecular flexibility index (Phi) is 50.9. The number of pyridine rings is 4. The van der Waals surface area contributed by atoms with E-state index in [0.29, 0.717) is 18.6 Å². The molecule has 4 heterocycles. The fraction of sp³-hybridized carbons (Fsp3) is 0.299. The summed E-state index contributed by atoms with van der Waals surface area (Å²) in [6.45, 7) is 30.5. The van der Waals surface area contributed by atoms with Crippen LogP contribution in [0.25, 0.3) is 4.85 Å². The summed E-state index contributed by atoms with van der Waals surface area (Å²) < 4.78 is 31.7. The summed E-state index contributed by atoms with van der Waals surface area (Å²) in [7, 11) is 6.70. The van der Waals surface area contributed by atoms with Gasteiger partial charge in [-0.15, -0.1) is 50.5 Å². The molecule has 0 aliphatic heterocycles. The molecular weight excluding hydrogens is 1490 g/mol. The van der Waals surface area contributed by atoms with Crippen molar-refractivity contribution < 1.29 is 37.2 Å². The lowest BCUT2D eigenvalue weighted by molar-refractivity contribution is -0.688. The second kappa shape index (κ2) is 58.6. The number of nitrogens with zero attached hydrogens (tertiary/aromatic N) is 9. The predicted octanol–water partition coefficient (Wildman–Crippen LogP) is 18.8. The first kappa shape index (κ1) is 93.8. The van der Waals surface area contributed by atoms with Crippen LogP contribution in [0, 0.1) is 6.57 Å². The van der Waals surface area contributed by atoms with Crippen molar-refractivity contribution in [3.8, 4) is 23.0 Å². The summed E-state index contributed by atoms with van der Waals surface area (Å²) in [5, 5.41) is 0. The number of rotatable bonds is 26. The van der Waals surface area contributed by atoms with Gasteiger partial charge < -0.3 is 38.5 Å². The van der Waals surface area contributed by atoms with Crippen molar-refractivity contribution in [2.75, 3.05) is 67.7 Å². The van der Waals surface area contributed by atoms with Crippen LogP contribution in [0.4, 0.5) is 5.69 Å². The molecule has 6 aromatic carbocycles. The molecule has 21 heteroatoms. The van der Waals surface area contributed by atoms with Gasteiger partial charge in [0, 0.05) is 123 Å². The van der Waals surface area contributed by atoms with Crippen molar-refractivity contribution in [3.63, 3.8) is 0 Å². The fourth-order valence-electron chi connectivity index (χ4n) is 9.80. The minimum absolute atomic E-state index is 0.628. The van der Waals surface area contributed by atoms with E-state index < -0.39 is 0 Å². The maximum absolute atomic E-state index is 6.88. The van der Waals surface area contributed by atoms with Crippen LogP contribution in [0.15, 0.2) is 274 Å². The molecule has 10 aromatic rings. The standard InChI is InChI=1S/C15H15NS2.C14H13N2O.3C13H14NO.C9H19NS2.2C5H11NS2/c17-15(18)16(11-13-7-3-1-4-8-13)12-14-9-5-2-6-10-14;1-15-13-7-9-16(10-8-13)11-12-3-5-14(17-2)6-4-12;3*1-15-13-7-5-12(6-8-13)11-14-9-3-2-4-10-14;1-3-5-7-10(9(11)12)8-6-4-2;2*1-3-6(4-2)5(7)8/h1-10H,11-12H2,(H,17,18);3-10H,11H2,2H3;3*2-10H,11H2,1H3;3-8H2,1-2H3,(H,11,12);2*3-4H2,1-2H3,(H,7,8)/q;4*+1;;;. The van der Waals surface area contributed by atoms with Crippen LogP contribution in [0.2, 0.25) is 0 Å². The van der Waals surface area contributed by atoms with Crippen molar-refractivity contribution in [2.45, 2.75) is 106 Å². The predicted molar refractivity (Wildman–Crippen MR) is 477 cm³/mol. The van der Waals surface area contributed by atoms with E-state index in [1.807, 2.05) is 191 Å². The molecule has 10 rings (SSSR count). The van der Waals surface area contributed by atoms with Crippen molar-refractivity contribution in [1.29, 1.82) is 0 Å². The molecule has 0 unspecified atom stereocenters. The van der Waals surface area contributed by atoms with Gasteiger partial charge in [0.25, 0.3) is 0 Å². The van der Waals surface area contributed by atoms with Crippen LogP contribution >= 0.6 is 99.4 Å². The van der Waals surface area contributed by atoms with Crippen molar-refractivity contribution in [2.24, 2.45) is 0 Å². The van der Waals surface area contributed by atoms with Crippen LogP contribution < -0.4 is 37.2 Å². The average Bonchev–Trinajstić information content (AvgIpc) is 0.895. The molecular formula is C87H111N9O4S8+4. The number of unbranched alkanes of at least 4 members (excludes halogenated alkanes) is 2. The molecule has 13 nitrogen and oxygen atoms in total. The summed E-state index contributed by atoms with van der Waals surface area (Å²) in [6.07, 6.45) is 21.1. The van der Waals surface area contributed by atoms with Crippen LogP contribution in [0.5, 0.6) is 23.0 Å². The largest absolute Gasteiger partial charge is 0.497 e. The minimum atomic E-state index is 0.628. The van der Waals surface area contributed by atoms with E-state index in [1.54, 1.807) is 28.4 Å². The normalized spacial score (nSPS) is 9.75. The SMILES string of the molecule is CCCCN(CCCC)C(=S)S.CCN(CC)C(=S)S.CCN(CC)C(=S)S.COc1ccc(C[n+]2ccccc2)cc1.COc1ccc(C[n+]2ccccc2)cc1.COc1ccc(C[n+]2ccccc2)cc1.S=C(S)N(Cc1ccccc1)Cc1ccccc1.[C-]#[N+]c1cc[n+](Cc2ccc(OC)cc2)cc1. The molecule has 0 spiro atoms. The molecule has 0 fully saturated rings. The smallest absolute Gasteiger partial charge is 0.198 e. The van der Waals surface area contributed by atoms with Gasteiger partial charge in [-0.3, -0.25) is 0 Å². The second-order valence-electron chi connectivity index (χ2n) is 23.9. The van der Waals surface area contributed by atoms with E-state index in [0.717, 1.165) is 106 Å². The Morgan fingerprint density at radius 1 is 0.315 bits per heavy atom. The van der Waals surface area contributed by atoms with Crippen LogP contribution in [0.3, 0.4) is 0 Å². The fourth-order valence-corrected chi connectivity index (χ4v) is 11.5. The van der Waals surface area contributed by atoms with Gasteiger partial charge in [0.1, 0.15) is 40.3 Å². The number of benzene rings is 6. The number of thiocarbonyl (C=S) groups is 4. The van der Waals surface area contributed by atoms with Crippen LogP contribution in [-0.4, -0.2) is 105 Å². The highest BCUT2D eigenvalue weighted by molar-refractivity contribution is 8.11. The lowest BCUT2D eigenvalue weighted by Crippen LogP contribution is -2.32. The van der Waals surface area contributed by atoms with E-state index in [9.17, 15) is 0 Å². The first-order chi connectivity index (χ1) is 52.4. The monoisotopic (exact) mass is 1600 g/mol. The Morgan fingerprint density at radius 2 is 0.556 bits per heavy atom. The zero-order chi connectivity index (χ0) is 78.9. The number of thiol groups is 4. The molecule has 572 valence electrons. The zero-order valence-electron chi connectivity index (χ0n) is 64.4. The van der Waals surface area contributed by atoms with Crippen LogP contribution in [0.1, 0.15) is 101 Å². The topological polar surface area (TPSA) is 69.8 Å². The first-order valence-corrected chi connectivity index (χ1v) is 39.5. The summed E-state index contributed by atoms with van der Waals surface area (Å²) in [4.78, 5) is 11.7. The third-order valence-electron chi connectivity index (χ3n) is 16.0. The Labute approximate surface area is 689 Å². The third kappa shape index (κ3) is 41.8. The summed E-state index contributed by atoms with van der Waals surface area (Å²) in [6, 6.07) is 74.8. The van der Waals surface area contributed by atoms with E-state index >= 15 is 0 Å². The number of hydrogen-bond donors (Lipinski definition) is 4. The van der Waals surface area contributed by atoms with Crippen LogP contribution in [-0.2, 0) is 39.3 Å². The van der Waals surface area contributed by atoms with Gasteiger partial charge >= 0.3 is 0 Å². The first-order valence-electron chi connectivity index (χ1n) is 36.1. The molecule has 0 bridgehead atoms. The molecule has 0 saturated carbocycles. The molecule has 0 aliphatic rings. The lowest BCUT2D eigenvalue weighted by Gasteiger charge is -2.22. The molecule has 0 radical (unpaired) electrons. The zero-order valence-corrected chi connectivity index (χ0v) is 71.2. The third-order valence-corrected chi connectivity index (χ3v) is 18.2. The highest BCUT2D eigenvalue weighted by Gasteiger charge is 2.10. The summed E-state index contributed by atoms with van der Waals surface area (Å²) in [5.74, 6) is 3.56. The Morgan fingerprint density at radius 3 is 0.759 bits per heavy atom. The number of hydrogen-bond acceptors (Lipinski definition) is 8. The van der Waals surface area contributed by atoms with E-state index in [-0.39, 0.29) is 0 Å². The molecule has 4 aromatic heterocycles. The second-order valence-corrected chi connectivity index (χ2v) is 28.3. The van der Waals surface area contributed by atoms with Gasteiger partial charge in [-0.25, -0.2) is 23.1 Å². The molecule has 0 aliphatic carbocycles. The molecule has 0 amide bonds. The van der Waals surface area contributed by atoms with Gasteiger partial charge in [0.15, 0.2) is 81.4 Å². The molecule has 0 N–H and O–H groups in total. The highest BCUT2D eigenvalue weighted by Crippen LogP contribution is 2.17. The maximum atomic E-state index is 6.88. The number of methoxy groups -OCH3 is 4. The number of ether oxygens (including phenoxy) is 4.